The topological polar surface area (TPSA) is 86.7 Å². The van der Waals surface area contributed by atoms with Gasteiger partial charge in [-0.2, -0.15) is 0 Å². The summed E-state index contributed by atoms with van der Waals surface area (Å²) in [6.45, 7) is 3.83. The highest BCUT2D eigenvalue weighted by atomic mass is 19.1. The Labute approximate surface area is 190 Å². The molecule has 2 amide bonds. The standard InChI is InChI=1S/C26H23FN2O4/c1-15(2)23(26(32)33)29-14-19-13-18(7-12-22(19)25(29)31)16-5-10-21(11-6-16)28-24(30)17-3-8-20(27)9-4-17/h3-13,15,23H,14H2,1-2H3,(H,28,30)(H,32,33). The number of amides is 2. The summed E-state index contributed by atoms with van der Waals surface area (Å²) in [5, 5.41) is 12.3. The minimum absolute atomic E-state index is 0.210. The lowest BCUT2D eigenvalue weighted by atomic mass is 10.0. The van der Waals surface area contributed by atoms with Crippen LogP contribution in [0.25, 0.3) is 11.1 Å². The summed E-state index contributed by atoms with van der Waals surface area (Å²) in [5.41, 5.74) is 4.04. The SMILES string of the molecule is CC(C)C(C(=O)O)N1Cc2cc(-c3ccc(NC(=O)c4ccc(F)cc4)cc3)ccc2C1=O. The number of carbonyl (C=O) groups is 3. The highest BCUT2D eigenvalue weighted by Gasteiger charge is 2.38. The molecule has 0 bridgehead atoms. The second kappa shape index (κ2) is 8.86. The molecule has 0 saturated heterocycles. The van der Waals surface area contributed by atoms with Gasteiger partial charge in [-0.05, 0) is 71.1 Å². The fraction of sp³-hybridized carbons (Fsp3) is 0.192. The quantitative estimate of drug-likeness (QED) is 0.569. The van der Waals surface area contributed by atoms with Crippen LogP contribution >= 0.6 is 0 Å². The zero-order valence-electron chi connectivity index (χ0n) is 18.2. The van der Waals surface area contributed by atoms with E-state index in [1.165, 1.54) is 29.2 Å². The molecule has 1 heterocycles. The van der Waals surface area contributed by atoms with Crippen molar-refractivity contribution in [3.63, 3.8) is 0 Å². The van der Waals surface area contributed by atoms with Crippen molar-refractivity contribution in [1.82, 2.24) is 4.90 Å². The van der Waals surface area contributed by atoms with Crippen molar-refractivity contribution in [2.24, 2.45) is 5.92 Å². The summed E-state index contributed by atoms with van der Waals surface area (Å²) in [6.07, 6.45) is 0. The van der Waals surface area contributed by atoms with Gasteiger partial charge in [-0.1, -0.05) is 32.0 Å². The molecule has 0 fully saturated rings. The van der Waals surface area contributed by atoms with Crippen molar-refractivity contribution in [2.75, 3.05) is 5.32 Å². The number of benzene rings is 3. The molecule has 1 atom stereocenters. The maximum Gasteiger partial charge on any atom is 0.326 e. The monoisotopic (exact) mass is 446 g/mol. The van der Waals surface area contributed by atoms with Gasteiger partial charge in [-0.3, -0.25) is 9.59 Å². The molecular formula is C26H23FN2O4. The first-order valence-electron chi connectivity index (χ1n) is 10.6. The van der Waals surface area contributed by atoms with Gasteiger partial charge in [0.15, 0.2) is 0 Å². The fourth-order valence-electron chi connectivity index (χ4n) is 4.08. The Kier molecular flexibility index (Phi) is 5.96. The minimum Gasteiger partial charge on any atom is -0.480 e. The van der Waals surface area contributed by atoms with Crippen molar-refractivity contribution in [1.29, 1.82) is 0 Å². The van der Waals surface area contributed by atoms with Crippen molar-refractivity contribution >= 4 is 23.5 Å². The molecule has 7 heteroatoms. The van der Waals surface area contributed by atoms with Gasteiger partial charge >= 0.3 is 5.97 Å². The van der Waals surface area contributed by atoms with Crippen LogP contribution < -0.4 is 5.32 Å². The van der Waals surface area contributed by atoms with Gasteiger partial charge in [-0.15, -0.1) is 0 Å². The van der Waals surface area contributed by atoms with Crippen LogP contribution in [-0.4, -0.2) is 33.8 Å². The summed E-state index contributed by atoms with van der Waals surface area (Å²) < 4.78 is 13.0. The van der Waals surface area contributed by atoms with E-state index in [4.69, 9.17) is 0 Å². The van der Waals surface area contributed by atoms with Crippen molar-refractivity contribution in [3.8, 4) is 11.1 Å². The van der Waals surface area contributed by atoms with Crippen LogP contribution in [-0.2, 0) is 11.3 Å². The third-order valence-corrected chi connectivity index (χ3v) is 5.74. The third-order valence-electron chi connectivity index (χ3n) is 5.74. The molecule has 168 valence electrons. The van der Waals surface area contributed by atoms with E-state index in [1.807, 2.05) is 24.3 Å². The first kappa shape index (κ1) is 22.2. The van der Waals surface area contributed by atoms with Gasteiger partial charge in [0.05, 0.1) is 0 Å². The average molecular weight is 446 g/mol. The Bertz CT molecular complexity index is 1220. The number of carbonyl (C=O) groups excluding carboxylic acids is 2. The molecule has 0 radical (unpaired) electrons. The Morgan fingerprint density at radius 3 is 2.21 bits per heavy atom. The Morgan fingerprint density at radius 1 is 0.970 bits per heavy atom. The van der Waals surface area contributed by atoms with E-state index in [2.05, 4.69) is 5.32 Å². The second-order valence-corrected chi connectivity index (χ2v) is 8.37. The number of hydrogen-bond donors (Lipinski definition) is 2. The molecular weight excluding hydrogens is 423 g/mol. The third kappa shape index (κ3) is 4.48. The molecule has 0 aromatic heterocycles. The number of carboxylic acids is 1. The van der Waals surface area contributed by atoms with Gasteiger partial charge in [0.2, 0.25) is 0 Å². The van der Waals surface area contributed by atoms with Crippen molar-refractivity contribution < 1.29 is 23.9 Å². The molecule has 1 unspecified atom stereocenters. The normalized spacial score (nSPS) is 13.7. The fourth-order valence-corrected chi connectivity index (χ4v) is 4.08. The zero-order valence-corrected chi connectivity index (χ0v) is 18.2. The number of rotatable bonds is 6. The van der Waals surface area contributed by atoms with Crippen LogP contribution in [0.2, 0.25) is 0 Å². The molecule has 4 rings (SSSR count). The number of anilines is 1. The number of carboxylic acid groups (broad SMARTS) is 1. The number of nitrogens with one attached hydrogen (secondary N) is 1. The first-order chi connectivity index (χ1) is 15.7. The Morgan fingerprint density at radius 2 is 1.61 bits per heavy atom. The average Bonchev–Trinajstić information content (AvgIpc) is 3.09. The molecule has 33 heavy (non-hydrogen) atoms. The van der Waals surface area contributed by atoms with E-state index in [0.717, 1.165) is 16.7 Å². The van der Waals surface area contributed by atoms with Gasteiger partial charge in [-0.25, -0.2) is 9.18 Å². The summed E-state index contributed by atoms with van der Waals surface area (Å²) in [5.74, 6) is -2.23. The van der Waals surface area contributed by atoms with Crippen molar-refractivity contribution in [2.45, 2.75) is 26.4 Å². The smallest absolute Gasteiger partial charge is 0.326 e. The lowest BCUT2D eigenvalue weighted by molar-refractivity contribution is -0.144. The maximum absolute atomic E-state index is 13.0. The number of nitrogens with zero attached hydrogens (tertiary/aromatic N) is 1. The summed E-state index contributed by atoms with van der Waals surface area (Å²) in [4.78, 5) is 38.2. The molecule has 3 aromatic rings. The lowest BCUT2D eigenvalue weighted by Crippen LogP contribution is -2.44. The van der Waals surface area contributed by atoms with Gasteiger partial charge in [0.25, 0.3) is 11.8 Å². The Hall–Kier alpha value is -4.00. The van der Waals surface area contributed by atoms with Crippen LogP contribution in [0.15, 0.2) is 66.7 Å². The molecule has 0 aliphatic carbocycles. The number of aliphatic carboxylic acids is 1. The number of hydrogen-bond acceptors (Lipinski definition) is 3. The number of halogens is 1. The van der Waals surface area contributed by atoms with E-state index < -0.39 is 17.8 Å². The first-order valence-corrected chi connectivity index (χ1v) is 10.6. The highest BCUT2D eigenvalue weighted by molar-refractivity contribution is 6.04. The second-order valence-electron chi connectivity index (χ2n) is 8.37. The minimum atomic E-state index is -1.01. The zero-order chi connectivity index (χ0) is 23.7. The van der Waals surface area contributed by atoms with Crippen LogP contribution in [0.3, 0.4) is 0 Å². The summed E-state index contributed by atoms with van der Waals surface area (Å²) in [7, 11) is 0. The number of fused-ring (bicyclic) bond motifs is 1. The van der Waals surface area contributed by atoms with Crippen molar-refractivity contribution in [3.05, 3.63) is 89.2 Å². The van der Waals surface area contributed by atoms with E-state index >= 15 is 0 Å². The van der Waals surface area contributed by atoms with E-state index in [9.17, 15) is 23.9 Å². The van der Waals surface area contributed by atoms with Gasteiger partial charge in [0, 0.05) is 23.4 Å². The molecule has 3 aromatic carbocycles. The molecule has 0 spiro atoms. The largest absolute Gasteiger partial charge is 0.480 e. The predicted molar refractivity (Wildman–Crippen MR) is 122 cm³/mol. The molecule has 6 nitrogen and oxygen atoms in total. The highest BCUT2D eigenvalue weighted by Crippen LogP contribution is 2.31. The van der Waals surface area contributed by atoms with Crippen LogP contribution in [0.5, 0.6) is 0 Å². The summed E-state index contributed by atoms with van der Waals surface area (Å²) >= 11 is 0. The lowest BCUT2D eigenvalue weighted by Gasteiger charge is -2.27. The Balaban J connectivity index is 1.51. The van der Waals surface area contributed by atoms with Gasteiger partial charge < -0.3 is 15.3 Å². The van der Waals surface area contributed by atoms with Crippen LogP contribution in [0.4, 0.5) is 10.1 Å². The molecule has 0 saturated carbocycles. The van der Waals surface area contributed by atoms with E-state index in [0.29, 0.717) is 16.8 Å². The summed E-state index contributed by atoms with van der Waals surface area (Å²) in [6, 6.07) is 17.1. The molecule has 2 N–H and O–H groups in total. The van der Waals surface area contributed by atoms with E-state index in [-0.39, 0.29) is 24.3 Å². The molecule has 1 aliphatic heterocycles. The van der Waals surface area contributed by atoms with Crippen LogP contribution in [0.1, 0.15) is 40.1 Å². The van der Waals surface area contributed by atoms with Gasteiger partial charge in [0.1, 0.15) is 11.9 Å². The maximum atomic E-state index is 13.0. The van der Waals surface area contributed by atoms with Crippen LogP contribution in [0, 0.1) is 11.7 Å². The van der Waals surface area contributed by atoms with E-state index in [1.54, 1.807) is 32.0 Å². The predicted octanol–water partition coefficient (Wildman–Crippen LogP) is 4.81. The molecule has 1 aliphatic rings.